The summed E-state index contributed by atoms with van der Waals surface area (Å²) in [6.07, 6.45) is 2.18. The third-order valence-corrected chi connectivity index (χ3v) is 5.47. The molecule has 1 atom stereocenters. The van der Waals surface area contributed by atoms with Crippen LogP contribution in [0.3, 0.4) is 0 Å². The van der Waals surface area contributed by atoms with E-state index in [2.05, 4.69) is 10.2 Å². The second-order valence-corrected chi connectivity index (χ2v) is 11.8. The highest BCUT2D eigenvalue weighted by Crippen LogP contribution is 2.36. The number of carbonyl (C=O) groups is 2. The number of nitrogens with one attached hydrogen (secondary N) is 1. The zero-order valence-corrected chi connectivity index (χ0v) is 24.3. The van der Waals surface area contributed by atoms with E-state index in [0.29, 0.717) is 37.8 Å². The monoisotopic (exact) mass is 597 g/mol. The summed E-state index contributed by atoms with van der Waals surface area (Å²) in [7, 11) is -5.63. The van der Waals surface area contributed by atoms with Crippen molar-refractivity contribution in [3.63, 3.8) is 0 Å². The van der Waals surface area contributed by atoms with E-state index in [4.69, 9.17) is 23.3 Å². The molecule has 2 aliphatic rings. The first-order valence-electron chi connectivity index (χ1n) is 12.2. The van der Waals surface area contributed by atoms with Crippen LogP contribution in [-0.4, -0.2) is 120 Å². The molecule has 1 fully saturated rings. The molecular formula is C23H39N3O11S2. The molecule has 1 saturated heterocycles. The average molecular weight is 598 g/mol. The number of amides is 1. The number of hydrogen-bond acceptors (Lipinski definition) is 11. The van der Waals surface area contributed by atoms with Crippen molar-refractivity contribution in [3.05, 3.63) is 23.8 Å². The van der Waals surface area contributed by atoms with E-state index in [1.54, 1.807) is 13.1 Å². The Bertz CT molecular complexity index is 1090. The van der Waals surface area contributed by atoms with Gasteiger partial charge in [-0.25, -0.2) is 4.79 Å². The van der Waals surface area contributed by atoms with Gasteiger partial charge in [0.25, 0.3) is 20.2 Å². The Balaban J connectivity index is 0.000000650. The fourth-order valence-corrected chi connectivity index (χ4v) is 3.49. The molecule has 3 N–H and O–H groups in total. The van der Waals surface area contributed by atoms with Crippen LogP contribution in [0.25, 0.3) is 0 Å². The van der Waals surface area contributed by atoms with Crippen molar-refractivity contribution in [2.45, 2.75) is 25.7 Å². The third-order valence-electron chi connectivity index (χ3n) is 5.47. The molecule has 3 rings (SSSR count). The smallest absolute Gasteiger partial charge is 0.414 e. The summed E-state index contributed by atoms with van der Waals surface area (Å²) >= 11 is 0. The number of morpholine rings is 1. The van der Waals surface area contributed by atoms with Gasteiger partial charge in [0, 0.05) is 63.9 Å². The zero-order chi connectivity index (χ0) is 29.6. The molecule has 2 heterocycles. The van der Waals surface area contributed by atoms with Gasteiger partial charge in [-0.3, -0.25) is 18.8 Å². The Morgan fingerprint density at radius 3 is 2.28 bits per heavy atom. The highest BCUT2D eigenvalue weighted by atomic mass is 32.2. The van der Waals surface area contributed by atoms with Crippen LogP contribution in [-0.2, 0) is 34.5 Å². The summed E-state index contributed by atoms with van der Waals surface area (Å²) in [5.74, 6) is 0.615. The Hall–Kier alpha value is -2.50. The van der Waals surface area contributed by atoms with Gasteiger partial charge in [0.1, 0.15) is 12.4 Å². The van der Waals surface area contributed by atoms with Gasteiger partial charge in [0.2, 0.25) is 0 Å². The van der Waals surface area contributed by atoms with Crippen molar-refractivity contribution in [2.24, 2.45) is 0 Å². The van der Waals surface area contributed by atoms with Crippen molar-refractivity contribution in [1.82, 2.24) is 9.80 Å². The minimum absolute atomic E-state index is 0.153. The summed E-state index contributed by atoms with van der Waals surface area (Å²) < 4.78 is 67.8. The van der Waals surface area contributed by atoms with Crippen molar-refractivity contribution in [1.29, 1.82) is 0 Å². The minimum Gasteiger partial charge on any atom is -0.464 e. The first-order chi connectivity index (χ1) is 18.1. The third kappa shape index (κ3) is 16.9. The van der Waals surface area contributed by atoms with E-state index in [9.17, 15) is 26.4 Å². The largest absolute Gasteiger partial charge is 0.464 e. The lowest BCUT2D eigenvalue weighted by molar-refractivity contribution is -0.144. The quantitative estimate of drug-likeness (QED) is 0.288. The van der Waals surface area contributed by atoms with E-state index in [1.807, 2.05) is 19.1 Å². The van der Waals surface area contributed by atoms with Crippen LogP contribution in [0.4, 0.5) is 10.5 Å². The maximum atomic E-state index is 12.1. The number of nitrogens with zero attached hydrogens (tertiary/aromatic N) is 2. The lowest BCUT2D eigenvalue weighted by Crippen LogP contribution is -2.38. The molecule has 1 unspecified atom stereocenters. The molecule has 0 saturated carbocycles. The number of ether oxygens (including phenoxy) is 3. The van der Waals surface area contributed by atoms with Crippen molar-refractivity contribution < 1.29 is 49.7 Å². The fourth-order valence-electron chi connectivity index (χ4n) is 3.49. The standard InChI is InChI=1S/C21H31N3O5.2CH4O3S/c1-3-23(2)21(26)29-17-5-6-18-16(15-22-19(18)14-17)4-7-20(25)28-13-10-24-8-11-27-12-9-24;2*1-5(2,3)4/h5-6,14,16,22H,3-4,7-13,15H2,1-2H3;2*1H3,(H,2,3,4). The number of hydrogen-bond donors (Lipinski definition) is 3. The van der Waals surface area contributed by atoms with Gasteiger partial charge in [0.15, 0.2) is 0 Å². The minimum atomic E-state index is -3.67. The maximum Gasteiger partial charge on any atom is 0.414 e. The summed E-state index contributed by atoms with van der Waals surface area (Å²) in [6.45, 7) is 7.73. The highest BCUT2D eigenvalue weighted by molar-refractivity contribution is 7.85. The fraction of sp³-hybridized carbons (Fsp3) is 0.652. The molecular weight excluding hydrogens is 558 g/mol. The van der Waals surface area contributed by atoms with Crippen LogP contribution < -0.4 is 10.1 Å². The molecule has 2 aliphatic heterocycles. The molecule has 0 aliphatic carbocycles. The molecule has 0 aromatic heterocycles. The van der Waals surface area contributed by atoms with Crippen LogP contribution in [0.2, 0.25) is 0 Å². The predicted octanol–water partition coefficient (Wildman–Crippen LogP) is 1.31. The van der Waals surface area contributed by atoms with Gasteiger partial charge in [-0.05, 0) is 25.0 Å². The summed E-state index contributed by atoms with van der Waals surface area (Å²) in [6, 6.07) is 5.62. The Morgan fingerprint density at radius 1 is 1.13 bits per heavy atom. The molecule has 14 nitrogen and oxygen atoms in total. The second-order valence-electron chi connectivity index (χ2n) is 8.89. The normalized spacial score (nSPS) is 16.8. The van der Waals surface area contributed by atoms with Gasteiger partial charge < -0.3 is 24.4 Å². The van der Waals surface area contributed by atoms with E-state index >= 15 is 0 Å². The van der Waals surface area contributed by atoms with Crippen molar-refractivity contribution >= 4 is 38.0 Å². The molecule has 1 amide bonds. The number of rotatable bonds is 8. The van der Waals surface area contributed by atoms with Crippen LogP contribution in [0.1, 0.15) is 31.2 Å². The Kier molecular flexibility index (Phi) is 14.7. The topological polar surface area (TPSA) is 189 Å². The number of fused-ring (bicyclic) bond motifs is 1. The van der Waals surface area contributed by atoms with Crippen molar-refractivity contribution in [3.8, 4) is 5.75 Å². The zero-order valence-electron chi connectivity index (χ0n) is 22.7. The predicted molar refractivity (Wildman–Crippen MR) is 144 cm³/mol. The van der Waals surface area contributed by atoms with Crippen LogP contribution in [0.5, 0.6) is 5.75 Å². The Labute approximate surface area is 230 Å². The summed E-state index contributed by atoms with van der Waals surface area (Å²) in [5.41, 5.74) is 2.11. The van der Waals surface area contributed by atoms with Crippen LogP contribution in [0.15, 0.2) is 18.2 Å². The van der Waals surface area contributed by atoms with Gasteiger partial charge in [-0.1, -0.05) is 6.07 Å². The first kappa shape index (κ1) is 34.5. The lowest BCUT2D eigenvalue weighted by atomic mass is 9.96. The molecule has 1 aromatic carbocycles. The van der Waals surface area contributed by atoms with Crippen LogP contribution in [0, 0.1) is 0 Å². The van der Waals surface area contributed by atoms with Gasteiger partial charge >= 0.3 is 12.1 Å². The average Bonchev–Trinajstić information content (AvgIpc) is 3.23. The van der Waals surface area contributed by atoms with E-state index in [1.165, 1.54) is 4.90 Å². The van der Waals surface area contributed by atoms with E-state index < -0.39 is 20.2 Å². The van der Waals surface area contributed by atoms with Gasteiger partial charge in [-0.2, -0.15) is 16.8 Å². The number of esters is 1. The van der Waals surface area contributed by atoms with E-state index in [-0.39, 0.29) is 18.0 Å². The molecule has 1 aromatic rings. The molecule has 224 valence electrons. The number of carbonyl (C=O) groups excluding carboxylic acids is 2. The summed E-state index contributed by atoms with van der Waals surface area (Å²) in [4.78, 5) is 27.7. The van der Waals surface area contributed by atoms with Crippen LogP contribution >= 0.6 is 0 Å². The first-order valence-corrected chi connectivity index (χ1v) is 15.9. The number of anilines is 1. The molecule has 0 bridgehead atoms. The SMILES string of the molecule is CCN(C)C(=O)Oc1ccc2c(c1)NCC2CCC(=O)OCCN1CCOCC1.CS(=O)(=O)O.CS(=O)(=O)O. The second kappa shape index (κ2) is 16.6. The van der Waals surface area contributed by atoms with E-state index in [0.717, 1.165) is 57.1 Å². The molecule has 39 heavy (non-hydrogen) atoms. The molecule has 16 heteroatoms. The number of benzene rings is 1. The molecule has 0 radical (unpaired) electrons. The summed E-state index contributed by atoms with van der Waals surface area (Å²) in [5, 5.41) is 3.34. The van der Waals surface area contributed by atoms with Gasteiger partial charge in [0.05, 0.1) is 25.7 Å². The molecule has 0 spiro atoms. The Morgan fingerprint density at radius 2 is 1.72 bits per heavy atom. The maximum absolute atomic E-state index is 12.1. The highest BCUT2D eigenvalue weighted by Gasteiger charge is 2.24. The van der Waals surface area contributed by atoms with Crippen molar-refractivity contribution in [2.75, 3.05) is 77.4 Å². The van der Waals surface area contributed by atoms with Gasteiger partial charge in [-0.15, -0.1) is 0 Å². The lowest BCUT2D eigenvalue weighted by Gasteiger charge is -2.26.